The van der Waals surface area contributed by atoms with Gasteiger partial charge in [-0.1, -0.05) is 15.9 Å². The molecular formula is C10H12BrN3. The molecule has 3 nitrogen and oxygen atoms in total. The fourth-order valence-electron chi connectivity index (χ4n) is 1.45. The van der Waals surface area contributed by atoms with E-state index >= 15 is 0 Å². The summed E-state index contributed by atoms with van der Waals surface area (Å²) in [4.78, 5) is 4.38. The molecular weight excluding hydrogens is 242 g/mol. The van der Waals surface area contributed by atoms with Crippen LogP contribution < -0.4 is 5.32 Å². The number of rotatable bonds is 3. The number of nitrogens with one attached hydrogen (secondary N) is 1. The van der Waals surface area contributed by atoms with Crippen molar-refractivity contribution >= 4 is 21.4 Å². The van der Waals surface area contributed by atoms with E-state index < -0.39 is 0 Å². The average Bonchev–Trinajstić information content (AvgIpc) is 2.57. The third-order valence-corrected chi connectivity index (χ3v) is 2.66. The molecule has 0 aliphatic heterocycles. The predicted octanol–water partition coefficient (Wildman–Crippen LogP) is 1.86. The number of likely N-dealkylation sites (N-methyl/N-ethyl adjacent to an activating group) is 1. The van der Waals surface area contributed by atoms with Crippen LogP contribution in [0.2, 0.25) is 0 Å². The van der Waals surface area contributed by atoms with Crippen LogP contribution in [0, 0.1) is 0 Å². The van der Waals surface area contributed by atoms with Crippen molar-refractivity contribution in [3.63, 3.8) is 0 Å². The van der Waals surface area contributed by atoms with Gasteiger partial charge < -0.3 is 9.72 Å². The standard InChI is InChI=1S/C10H12BrN3/c1-12-4-2-10-13-7-9-6-8(11)3-5-14(9)10/h3,5-7,12H,2,4H2,1H3. The molecule has 0 saturated carbocycles. The van der Waals surface area contributed by atoms with E-state index in [2.05, 4.69) is 36.7 Å². The molecule has 0 bridgehead atoms. The van der Waals surface area contributed by atoms with Gasteiger partial charge in [0.25, 0.3) is 0 Å². The zero-order chi connectivity index (χ0) is 9.97. The van der Waals surface area contributed by atoms with Gasteiger partial charge in [-0.15, -0.1) is 0 Å². The SMILES string of the molecule is CNCCc1ncc2cc(Br)ccn12. The molecule has 0 amide bonds. The molecule has 0 aliphatic carbocycles. The highest BCUT2D eigenvalue weighted by atomic mass is 79.9. The van der Waals surface area contributed by atoms with E-state index in [1.165, 1.54) is 0 Å². The van der Waals surface area contributed by atoms with Crippen molar-refractivity contribution in [1.82, 2.24) is 14.7 Å². The number of pyridine rings is 1. The highest BCUT2D eigenvalue weighted by molar-refractivity contribution is 9.10. The lowest BCUT2D eigenvalue weighted by atomic mass is 10.4. The van der Waals surface area contributed by atoms with Crippen LogP contribution in [-0.4, -0.2) is 23.0 Å². The van der Waals surface area contributed by atoms with E-state index in [-0.39, 0.29) is 0 Å². The summed E-state index contributed by atoms with van der Waals surface area (Å²) in [5.74, 6) is 1.10. The largest absolute Gasteiger partial charge is 0.319 e. The van der Waals surface area contributed by atoms with Crippen molar-refractivity contribution in [2.75, 3.05) is 13.6 Å². The van der Waals surface area contributed by atoms with Crippen molar-refractivity contribution in [2.45, 2.75) is 6.42 Å². The van der Waals surface area contributed by atoms with Gasteiger partial charge in [0.05, 0.1) is 11.7 Å². The number of hydrogen-bond acceptors (Lipinski definition) is 2. The summed E-state index contributed by atoms with van der Waals surface area (Å²) in [6.45, 7) is 0.954. The molecule has 0 aromatic carbocycles. The zero-order valence-corrected chi connectivity index (χ0v) is 9.58. The molecule has 74 valence electrons. The van der Waals surface area contributed by atoms with Gasteiger partial charge in [-0.05, 0) is 19.2 Å². The van der Waals surface area contributed by atoms with Crippen LogP contribution >= 0.6 is 15.9 Å². The highest BCUT2D eigenvalue weighted by Crippen LogP contribution is 2.14. The molecule has 0 atom stereocenters. The fourth-order valence-corrected chi connectivity index (χ4v) is 1.80. The van der Waals surface area contributed by atoms with Gasteiger partial charge in [0.15, 0.2) is 0 Å². The lowest BCUT2D eigenvalue weighted by molar-refractivity contribution is 0.753. The Kier molecular flexibility index (Phi) is 2.84. The average molecular weight is 254 g/mol. The number of imidazole rings is 1. The normalized spacial score (nSPS) is 11.0. The maximum Gasteiger partial charge on any atom is 0.114 e. The molecule has 2 aromatic heterocycles. The maximum absolute atomic E-state index is 4.38. The van der Waals surface area contributed by atoms with Crippen LogP contribution in [0.25, 0.3) is 5.52 Å². The van der Waals surface area contributed by atoms with Crippen LogP contribution in [0.1, 0.15) is 5.82 Å². The smallest absolute Gasteiger partial charge is 0.114 e. The molecule has 0 fully saturated rings. The van der Waals surface area contributed by atoms with E-state index in [4.69, 9.17) is 0 Å². The second-order valence-corrected chi connectivity index (χ2v) is 4.08. The number of nitrogens with zero attached hydrogens (tertiary/aromatic N) is 2. The van der Waals surface area contributed by atoms with Crippen LogP contribution in [0.5, 0.6) is 0 Å². The fraction of sp³-hybridized carbons (Fsp3) is 0.300. The van der Waals surface area contributed by atoms with Crippen molar-refractivity contribution in [3.05, 3.63) is 34.8 Å². The highest BCUT2D eigenvalue weighted by Gasteiger charge is 2.02. The quantitative estimate of drug-likeness (QED) is 0.905. The minimum absolute atomic E-state index is 0.951. The van der Waals surface area contributed by atoms with Gasteiger partial charge in [0.1, 0.15) is 5.82 Å². The summed E-state index contributed by atoms with van der Waals surface area (Å²) < 4.78 is 3.20. The monoisotopic (exact) mass is 253 g/mol. The van der Waals surface area contributed by atoms with Gasteiger partial charge in [-0.2, -0.15) is 0 Å². The summed E-state index contributed by atoms with van der Waals surface area (Å²) >= 11 is 3.44. The minimum Gasteiger partial charge on any atom is -0.319 e. The van der Waals surface area contributed by atoms with E-state index in [1.807, 2.05) is 25.5 Å². The Morgan fingerprint density at radius 1 is 1.57 bits per heavy atom. The van der Waals surface area contributed by atoms with Gasteiger partial charge in [-0.3, -0.25) is 0 Å². The molecule has 0 radical (unpaired) electrons. The second-order valence-electron chi connectivity index (χ2n) is 3.17. The predicted molar refractivity (Wildman–Crippen MR) is 60.5 cm³/mol. The zero-order valence-electron chi connectivity index (χ0n) is 8.00. The van der Waals surface area contributed by atoms with E-state index in [0.717, 1.165) is 28.8 Å². The van der Waals surface area contributed by atoms with E-state index in [0.29, 0.717) is 0 Å². The minimum atomic E-state index is 0.951. The Bertz CT molecular complexity index is 436. The molecule has 2 rings (SSSR count). The van der Waals surface area contributed by atoms with Gasteiger partial charge in [-0.25, -0.2) is 4.98 Å². The molecule has 0 saturated heterocycles. The Morgan fingerprint density at radius 2 is 2.43 bits per heavy atom. The molecule has 4 heteroatoms. The van der Waals surface area contributed by atoms with E-state index in [9.17, 15) is 0 Å². The van der Waals surface area contributed by atoms with Gasteiger partial charge >= 0.3 is 0 Å². The third-order valence-electron chi connectivity index (χ3n) is 2.17. The second kappa shape index (κ2) is 4.11. The first-order valence-electron chi connectivity index (χ1n) is 4.57. The Morgan fingerprint density at radius 3 is 3.21 bits per heavy atom. The molecule has 2 aromatic rings. The summed E-state index contributed by atoms with van der Waals surface area (Å²) in [6, 6.07) is 4.09. The summed E-state index contributed by atoms with van der Waals surface area (Å²) in [7, 11) is 1.95. The third kappa shape index (κ3) is 1.81. The molecule has 1 N–H and O–H groups in total. The Balaban J connectivity index is 2.37. The van der Waals surface area contributed by atoms with Crippen LogP contribution in [0.3, 0.4) is 0 Å². The van der Waals surface area contributed by atoms with Crippen LogP contribution in [0.15, 0.2) is 29.0 Å². The van der Waals surface area contributed by atoms with Gasteiger partial charge in [0, 0.05) is 23.6 Å². The lowest BCUT2D eigenvalue weighted by Gasteiger charge is -2.00. The number of hydrogen-bond donors (Lipinski definition) is 1. The molecule has 0 aliphatic rings. The molecule has 14 heavy (non-hydrogen) atoms. The number of halogens is 1. The first kappa shape index (κ1) is 9.68. The van der Waals surface area contributed by atoms with Crippen LogP contribution in [0.4, 0.5) is 0 Å². The van der Waals surface area contributed by atoms with Crippen molar-refractivity contribution in [2.24, 2.45) is 0 Å². The summed E-state index contributed by atoms with van der Waals surface area (Å²) in [5, 5.41) is 3.12. The Labute approximate surface area is 91.3 Å². The topological polar surface area (TPSA) is 29.3 Å². The lowest BCUT2D eigenvalue weighted by Crippen LogP contribution is -2.12. The van der Waals surface area contributed by atoms with Crippen LogP contribution in [-0.2, 0) is 6.42 Å². The number of fused-ring (bicyclic) bond motifs is 1. The molecule has 2 heterocycles. The summed E-state index contributed by atoms with van der Waals surface area (Å²) in [6.07, 6.45) is 4.89. The first-order chi connectivity index (χ1) is 6.81. The number of aromatic nitrogens is 2. The van der Waals surface area contributed by atoms with Crippen molar-refractivity contribution in [3.8, 4) is 0 Å². The van der Waals surface area contributed by atoms with E-state index in [1.54, 1.807) is 0 Å². The first-order valence-corrected chi connectivity index (χ1v) is 5.36. The van der Waals surface area contributed by atoms with Gasteiger partial charge in [0.2, 0.25) is 0 Å². The summed E-state index contributed by atoms with van der Waals surface area (Å²) in [5.41, 5.74) is 1.13. The molecule has 0 spiro atoms. The Hall–Kier alpha value is -0.870. The molecule has 0 unspecified atom stereocenters. The maximum atomic E-state index is 4.38. The van der Waals surface area contributed by atoms with Crippen molar-refractivity contribution in [1.29, 1.82) is 0 Å². The van der Waals surface area contributed by atoms with Crippen molar-refractivity contribution < 1.29 is 0 Å².